The highest BCUT2D eigenvalue weighted by atomic mass is 35.5. The van der Waals surface area contributed by atoms with Crippen LogP contribution < -0.4 is 10.1 Å². The van der Waals surface area contributed by atoms with E-state index in [1.807, 2.05) is 37.3 Å². The largest absolute Gasteiger partial charge is 0.497 e. The van der Waals surface area contributed by atoms with Crippen molar-refractivity contribution < 1.29 is 9.15 Å². The minimum atomic E-state index is 0.499. The lowest BCUT2D eigenvalue weighted by molar-refractivity contribution is 0.414. The Kier molecular flexibility index (Phi) is 7.65. The lowest BCUT2D eigenvalue weighted by atomic mass is 10.1. The highest BCUT2D eigenvalue weighted by Gasteiger charge is 2.06. The minimum absolute atomic E-state index is 0.499. The van der Waals surface area contributed by atoms with Crippen molar-refractivity contribution in [1.82, 2.24) is 10.2 Å². The molecule has 0 saturated heterocycles. The molecule has 0 radical (unpaired) electrons. The third kappa shape index (κ3) is 5.47. The van der Waals surface area contributed by atoms with Crippen molar-refractivity contribution in [2.24, 2.45) is 0 Å². The van der Waals surface area contributed by atoms with Crippen molar-refractivity contribution in [2.45, 2.75) is 20.3 Å². The molecule has 2 aromatic carbocycles. The Morgan fingerprint density at radius 2 is 2.11 bits per heavy atom. The highest BCUT2D eigenvalue weighted by Crippen LogP contribution is 2.26. The van der Waals surface area contributed by atoms with Gasteiger partial charge < -0.3 is 14.5 Å². The molecule has 0 spiro atoms. The quantitative estimate of drug-likeness (QED) is 0.659. The molecule has 0 amide bonds. The number of benzene rings is 2. The number of hydrogen-bond donors (Lipinski definition) is 1. The Hall–Kier alpha value is -3.04. The van der Waals surface area contributed by atoms with Gasteiger partial charge >= 0.3 is 0 Å². The van der Waals surface area contributed by atoms with Crippen molar-refractivity contribution in [3.63, 3.8) is 0 Å². The number of halogens is 1. The fourth-order valence-electron chi connectivity index (χ4n) is 2.28. The van der Waals surface area contributed by atoms with Gasteiger partial charge in [-0.25, -0.2) is 0 Å². The van der Waals surface area contributed by atoms with Gasteiger partial charge in [-0.2, -0.15) is 5.26 Å². The zero-order valence-electron chi connectivity index (χ0n) is 15.5. The van der Waals surface area contributed by atoms with Crippen LogP contribution in [0.5, 0.6) is 5.75 Å². The van der Waals surface area contributed by atoms with E-state index in [9.17, 15) is 0 Å². The van der Waals surface area contributed by atoms with Crippen molar-refractivity contribution in [1.29, 1.82) is 5.26 Å². The number of rotatable bonds is 5. The maximum absolute atomic E-state index is 8.75. The number of nitriles is 1. The summed E-state index contributed by atoms with van der Waals surface area (Å²) in [6.07, 6.45) is 2.37. The van der Waals surface area contributed by atoms with Crippen molar-refractivity contribution in [3.05, 3.63) is 58.9 Å². The Bertz CT molecular complexity index is 905. The van der Waals surface area contributed by atoms with Crippen molar-refractivity contribution >= 4 is 17.3 Å². The summed E-state index contributed by atoms with van der Waals surface area (Å²) in [5.41, 5.74) is 3.35. The van der Waals surface area contributed by atoms with E-state index in [1.54, 1.807) is 13.2 Å². The molecular formula is C20H21ClN4O2. The van der Waals surface area contributed by atoms with Gasteiger partial charge in [0.15, 0.2) is 0 Å². The summed E-state index contributed by atoms with van der Waals surface area (Å²) in [6, 6.07) is 13.2. The number of nitrogens with one attached hydrogen (secondary N) is 1. The van der Waals surface area contributed by atoms with Gasteiger partial charge in [-0.05, 0) is 49.2 Å². The fraction of sp³-hybridized carbons (Fsp3) is 0.250. The molecule has 3 aromatic rings. The summed E-state index contributed by atoms with van der Waals surface area (Å²) >= 11 is 6.01. The first-order valence-electron chi connectivity index (χ1n) is 8.44. The first-order chi connectivity index (χ1) is 13.1. The van der Waals surface area contributed by atoms with E-state index in [0.29, 0.717) is 16.5 Å². The van der Waals surface area contributed by atoms with Gasteiger partial charge in [0.05, 0.1) is 17.7 Å². The predicted molar refractivity (Wildman–Crippen MR) is 106 cm³/mol. The molecule has 0 aliphatic heterocycles. The summed E-state index contributed by atoms with van der Waals surface area (Å²) in [4.78, 5) is 0. The van der Waals surface area contributed by atoms with E-state index in [1.165, 1.54) is 6.39 Å². The molecule has 6 nitrogen and oxygen atoms in total. The van der Waals surface area contributed by atoms with Crippen LogP contribution in [0.4, 0.5) is 5.69 Å². The molecule has 140 valence electrons. The molecule has 0 saturated carbocycles. The van der Waals surface area contributed by atoms with E-state index < -0.39 is 0 Å². The molecule has 1 heterocycles. The monoisotopic (exact) mass is 384 g/mol. The second-order valence-electron chi connectivity index (χ2n) is 5.61. The van der Waals surface area contributed by atoms with E-state index in [-0.39, 0.29) is 0 Å². The lowest BCUT2D eigenvalue weighted by Gasteiger charge is -2.10. The molecule has 1 N–H and O–H groups in total. The van der Waals surface area contributed by atoms with Gasteiger partial charge in [0, 0.05) is 17.8 Å². The van der Waals surface area contributed by atoms with Crippen LogP contribution in [0.1, 0.15) is 24.5 Å². The number of anilines is 1. The number of aromatic nitrogens is 2. The van der Waals surface area contributed by atoms with Crippen LogP contribution in [0.15, 0.2) is 47.2 Å². The third-order valence-corrected chi connectivity index (χ3v) is 4.24. The zero-order chi connectivity index (χ0) is 19.6. The van der Waals surface area contributed by atoms with Crippen molar-refractivity contribution in [2.75, 3.05) is 19.0 Å². The van der Waals surface area contributed by atoms with Crippen LogP contribution in [0, 0.1) is 18.3 Å². The first-order valence-corrected chi connectivity index (χ1v) is 8.82. The van der Waals surface area contributed by atoms with Crippen LogP contribution in [0.3, 0.4) is 0 Å². The Labute approximate surface area is 163 Å². The number of hydrogen-bond acceptors (Lipinski definition) is 6. The summed E-state index contributed by atoms with van der Waals surface area (Å²) in [5, 5.41) is 20.0. The van der Waals surface area contributed by atoms with Gasteiger partial charge in [0.25, 0.3) is 0 Å². The molecule has 0 unspecified atom stereocenters. The van der Waals surface area contributed by atoms with E-state index in [0.717, 1.165) is 35.5 Å². The molecule has 0 aliphatic rings. The average molecular weight is 385 g/mol. The smallest absolute Gasteiger partial charge is 0.247 e. The molecular weight excluding hydrogens is 364 g/mol. The van der Waals surface area contributed by atoms with Crippen molar-refractivity contribution in [3.8, 4) is 23.3 Å². The topological polar surface area (TPSA) is 84.0 Å². The summed E-state index contributed by atoms with van der Waals surface area (Å²) in [7, 11) is 1.62. The standard InChI is InChI=1S/C11H13ClN2.C9H8N2O2/c1-3-6-14-10-5-4-9(7-13)11(12)8(10)2;1-12-8-4-2-3-7(5-8)9-11-10-6-13-9/h4-5,14H,3,6H2,1-2H3;2-6H,1H3. The third-order valence-electron chi connectivity index (χ3n) is 3.75. The maximum atomic E-state index is 8.75. The van der Waals surface area contributed by atoms with Gasteiger partial charge in [0.1, 0.15) is 11.8 Å². The van der Waals surface area contributed by atoms with Crippen LogP contribution in [-0.2, 0) is 0 Å². The number of ether oxygens (including phenoxy) is 1. The summed E-state index contributed by atoms with van der Waals surface area (Å²) < 4.78 is 10.1. The SMILES string of the molecule is CCCNc1ccc(C#N)c(Cl)c1C.COc1cccc(-c2nnco2)c1. The molecule has 7 heteroatoms. The normalized spacial score (nSPS) is 9.74. The Morgan fingerprint density at radius 1 is 1.30 bits per heavy atom. The Morgan fingerprint density at radius 3 is 2.74 bits per heavy atom. The fourth-order valence-corrected chi connectivity index (χ4v) is 2.48. The predicted octanol–water partition coefficient (Wildman–Crippen LogP) is 5.09. The zero-order valence-corrected chi connectivity index (χ0v) is 16.2. The molecule has 0 fully saturated rings. The summed E-state index contributed by atoms with van der Waals surface area (Å²) in [6.45, 7) is 4.94. The second kappa shape index (κ2) is 10.2. The van der Waals surface area contributed by atoms with Crippen LogP contribution >= 0.6 is 11.6 Å². The Balaban J connectivity index is 0.000000194. The van der Waals surface area contributed by atoms with Gasteiger partial charge in [-0.15, -0.1) is 10.2 Å². The minimum Gasteiger partial charge on any atom is -0.497 e. The van der Waals surface area contributed by atoms with E-state index in [2.05, 4.69) is 28.5 Å². The number of methoxy groups -OCH3 is 1. The first kappa shape index (κ1) is 20.3. The molecule has 0 aliphatic carbocycles. The van der Waals surface area contributed by atoms with Gasteiger partial charge in [0.2, 0.25) is 12.3 Å². The molecule has 27 heavy (non-hydrogen) atoms. The van der Waals surface area contributed by atoms with Gasteiger partial charge in [-0.1, -0.05) is 24.6 Å². The average Bonchev–Trinajstić information content (AvgIpc) is 3.25. The van der Waals surface area contributed by atoms with Gasteiger partial charge in [-0.3, -0.25) is 0 Å². The van der Waals surface area contributed by atoms with E-state index in [4.69, 9.17) is 26.0 Å². The lowest BCUT2D eigenvalue weighted by Crippen LogP contribution is -2.02. The maximum Gasteiger partial charge on any atom is 0.247 e. The second-order valence-corrected chi connectivity index (χ2v) is 5.99. The molecule has 3 rings (SSSR count). The highest BCUT2D eigenvalue weighted by molar-refractivity contribution is 6.32. The molecule has 1 aromatic heterocycles. The van der Waals surface area contributed by atoms with Crippen LogP contribution in [0.25, 0.3) is 11.5 Å². The summed E-state index contributed by atoms with van der Waals surface area (Å²) in [5.74, 6) is 1.27. The number of nitrogens with zero attached hydrogens (tertiary/aromatic N) is 3. The van der Waals surface area contributed by atoms with Crippen LogP contribution in [0.2, 0.25) is 5.02 Å². The molecule has 0 atom stereocenters. The van der Waals surface area contributed by atoms with E-state index >= 15 is 0 Å². The van der Waals surface area contributed by atoms with Crippen LogP contribution in [-0.4, -0.2) is 23.9 Å². The molecule has 0 bridgehead atoms.